The first-order chi connectivity index (χ1) is 15.9. The summed E-state index contributed by atoms with van der Waals surface area (Å²) in [6.07, 6.45) is 4.65. The Morgan fingerprint density at radius 3 is 2.79 bits per heavy atom. The van der Waals surface area contributed by atoms with Crippen LogP contribution in [0.1, 0.15) is 34.9 Å². The molecular weight excluding hydrogens is 420 g/mol. The van der Waals surface area contributed by atoms with Crippen molar-refractivity contribution >= 4 is 17.4 Å². The second kappa shape index (κ2) is 9.16. The highest BCUT2D eigenvalue weighted by Crippen LogP contribution is 2.35. The van der Waals surface area contributed by atoms with Crippen LogP contribution in [0.4, 0.5) is 16.2 Å². The maximum atomic E-state index is 12.4. The van der Waals surface area contributed by atoms with Crippen LogP contribution in [0, 0.1) is 30.4 Å². The Kier molecular flexibility index (Phi) is 6.13. The Labute approximate surface area is 191 Å². The fraction of sp³-hybridized carbons (Fsp3) is 0.208. The minimum absolute atomic E-state index is 0.0376. The number of hydrogen-bond acceptors (Lipinski definition) is 6. The molecule has 1 aliphatic carbocycles. The number of nitrogens with zero attached hydrogens (tertiary/aromatic N) is 4. The third-order valence-electron chi connectivity index (χ3n) is 5.68. The van der Waals surface area contributed by atoms with Crippen molar-refractivity contribution in [2.75, 3.05) is 10.5 Å². The number of aromatic nitrogens is 2. The summed E-state index contributed by atoms with van der Waals surface area (Å²) in [4.78, 5) is 12.4. The lowest BCUT2D eigenvalue weighted by Gasteiger charge is -2.24. The number of urea groups is 1. The maximum absolute atomic E-state index is 12.4. The Morgan fingerprint density at radius 1 is 1.24 bits per heavy atom. The highest BCUT2D eigenvalue weighted by atomic mass is 16.8. The van der Waals surface area contributed by atoms with Crippen molar-refractivity contribution in [2.45, 2.75) is 32.2 Å². The molecule has 0 fully saturated rings. The summed E-state index contributed by atoms with van der Waals surface area (Å²) in [5.41, 5.74) is 4.29. The van der Waals surface area contributed by atoms with Crippen LogP contribution < -0.4 is 15.9 Å². The van der Waals surface area contributed by atoms with E-state index in [-0.39, 0.29) is 28.9 Å². The van der Waals surface area contributed by atoms with Crippen molar-refractivity contribution in [2.24, 2.45) is 0 Å². The van der Waals surface area contributed by atoms with Crippen molar-refractivity contribution in [3.8, 4) is 11.8 Å². The fourth-order valence-electron chi connectivity index (χ4n) is 4.25. The first-order valence-electron chi connectivity index (χ1n) is 10.4. The molecule has 168 valence electrons. The number of para-hydroxylation sites is 2. The average Bonchev–Trinajstić information content (AvgIpc) is 3.36. The van der Waals surface area contributed by atoms with Crippen LogP contribution in [-0.4, -0.2) is 27.1 Å². The van der Waals surface area contributed by atoms with Crippen LogP contribution in [0.5, 0.6) is 0 Å². The predicted octanol–water partition coefficient (Wildman–Crippen LogP) is 4.29. The smallest absolute Gasteiger partial charge is 0.319 e. The van der Waals surface area contributed by atoms with Crippen molar-refractivity contribution in [1.82, 2.24) is 15.1 Å². The van der Waals surface area contributed by atoms with E-state index in [2.05, 4.69) is 15.7 Å². The molecule has 0 bridgehead atoms. The molecule has 0 spiro atoms. The molecule has 0 unspecified atom stereocenters. The molecule has 3 N–H and O–H groups in total. The van der Waals surface area contributed by atoms with Gasteiger partial charge in [-0.1, -0.05) is 30.4 Å². The van der Waals surface area contributed by atoms with E-state index in [0.29, 0.717) is 23.4 Å². The number of benzene rings is 2. The van der Waals surface area contributed by atoms with E-state index in [9.17, 15) is 15.2 Å². The summed E-state index contributed by atoms with van der Waals surface area (Å²) < 4.78 is 1.66. The molecule has 1 heterocycles. The second-order valence-corrected chi connectivity index (χ2v) is 7.88. The van der Waals surface area contributed by atoms with Gasteiger partial charge in [0.2, 0.25) is 0 Å². The highest BCUT2D eigenvalue weighted by Gasteiger charge is 2.27. The first kappa shape index (κ1) is 22.1. The van der Waals surface area contributed by atoms with E-state index in [1.807, 2.05) is 32.1 Å². The molecule has 1 aliphatic rings. The number of hydrogen-bond donors (Lipinski definition) is 3. The molecule has 3 aromatic rings. The lowest BCUT2D eigenvalue weighted by Crippen LogP contribution is -2.36. The van der Waals surface area contributed by atoms with Gasteiger partial charge in [-0.2, -0.15) is 10.4 Å². The number of carbonyl (C=O) groups is 1. The summed E-state index contributed by atoms with van der Waals surface area (Å²) in [6.45, 7) is 3.82. The molecule has 0 radical (unpaired) electrons. The van der Waals surface area contributed by atoms with Crippen LogP contribution in [0.2, 0.25) is 0 Å². The monoisotopic (exact) mass is 443 g/mol. The molecule has 33 heavy (non-hydrogen) atoms. The molecule has 0 saturated heterocycles. The van der Waals surface area contributed by atoms with E-state index < -0.39 is 0 Å². The number of nitrogens with one attached hydrogen (secondary N) is 2. The number of carbonyl (C=O) groups excluding carboxylic acids is 1. The third kappa shape index (κ3) is 4.57. The van der Waals surface area contributed by atoms with Gasteiger partial charge in [0.25, 0.3) is 0 Å². The summed E-state index contributed by atoms with van der Waals surface area (Å²) in [7, 11) is 0. The Hall–Kier alpha value is -4.13. The van der Waals surface area contributed by atoms with Gasteiger partial charge in [-0.25, -0.2) is 9.48 Å². The topological polar surface area (TPSA) is 129 Å². The van der Waals surface area contributed by atoms with Gasteiger partial charge in [-0.15, -0.1) is 0 Å². The zero-order chi connectivity index (χ0) is 23.5. The van der Waals surface area contributed by atoms with Crippen molar-refractivity contribution in [3.05, 3.63) is 88.4 Å². The van der Waals surface area contributed by atoms with E-state index in [0.717, 1.165) is 17.0 Å². The molecule has 0 saturated carbocycles. The number of nitriles is 1. The lowest BCUT2D eigenvalue weighted by atomic mass is 9.96. The fourth-order valence-corrected chi connectivity index (χ4v) is 4.25. The number of rotatable bonds is 5. The Bertz CT molecular complexity index is 1260. The van der Waals surface area contributed by atoms with Gasteiger partial charge >= 0.3 is 6.03 Å². The van der Waals surface area contributed by atoms with Gasteiger partial charge in [0.1, 0.15) is 0 Å². The normalized spacial score (nSPS) is 16.9. The van der Waals surface area contributed by atoms with Crippen LogP contribution in [0.3, 0.4) is 0 Å². The highest BCUT2D eigenvalue weighted by molar-refractivity contribution is 5.89. The van der Waals surface area contributed by atoms with Gasteiger partial charge in [-0.05, 0) is 50.6 Å². The molecule has 0 aliphatic heterocycles. The van der Waals surface area contributed by atoms with E-state index >= 15 is 0 Å². The first-order valence-corrected chi connectivity index (χ1v) is 10.4. The number of amides is 2. The van der Waals surface area contributed by atoms with Gasteiger partial charge in [-0.3, -0.25) is 5.21 Å². The lowest BCUT2D eigenvalue weighted by molar-refractivity contribution is 0.250. The van der Waals surface area contributed by atoms with E-state index in [1.54, 1.807) is 47.1 Å². The van der Waals surface area contributed by atoms with Gasteiger partial charge in [0.15, 0.2) is 0 Å². The van der Waals surface area contributed by atoms with Crippen LogP contribution in [0.25, 0.3) is 5.69 Å². The SMILES string of the molecule is Cc1nn(-c2ccccc2N([O-])O)c(C)c1[C@@H]1C=C[C@@H](NC(=O)Nc2cccc(C#N)c2)C1. The predicted molar refractivity (Wildman–Crippen MR) is 124 cm³/mol. The third-order valence-corrected chi connectivity index (χ3v) is 5.68. The minimum atomic E-state index is -0.350. The largest absolute Gasteiger partial charge is 0.733 e. The van der Waals surface area contributed by atoms with Crippen LogP contribution in [-0.2, 0) is 0 Å². The van der Waals surface area contributed by atoms with Gasteiger partial charge in [0.05, 0.1) is 28.7 Å². The van der Waals surface area contributed by atoms with Gasteiger partial charge in [0, 0.05) is 28.9 Å². The van der Waals surface area contributed by atoms with Crippen LogP contribution in [0.15, 0.2) is 60.7 Å². The summed E-state index contributed by atoms with van der Waals surface area (Å²) in [5.74, 6) is 0.0376. The molecule has 2 aromatic carbocycles. The van der Waals surface area contributed by atoms with Gasteiger partial charge < -0.3 is 21.1 Å². The standard InChI is InChI=1S/C24H23N6O3/c1-15-23(16(2)29(28-15)21-8-3-4-9-22(21)30(32)33)18-10-11-20(13-18)27-24(31)26-19-7-5-6-17(12-19)14-25/h3-12,18,20,32H,13H2,1-2H3,(H2,26,27,31)/q-1/t18-,20-/m1/s1. The Morgan fingerprint density at radius 2 is 2.03 bits per heavy atom. The number of aryl methyl sites for hydroxylation is 1. The average molecular weight is 443 g/mol. The molecular formula is C24H23N6O3-. The van der Waals surface area contributed by atoms with Crippen molar-refractivity contribution in [1.29, 1.82) is 5.26 Å². The molecule has 2 atom stereocenters. The summed E-state index contributed by atoms with van der Waals surface area (Å²) in [6, 6.07) is 14.9. The van der Waals surface area contributed by atoms with E-state index in [4.69, 9.17) is 5.26 Å². The van der Waals surface area contributed by atoms with E-state index in [1.165, 1.54) is 6.07 Å². The summed E-state index contributed by atoms with van der Waals surface area (Å²) >= 11 is 0. The molecule has 2 amide bonds. The Balaban J connectivity index is 1.47. The summed E-state index contributed by atoms with van der Waals surface area (Å²) in [5, 5.41) is 40.2. The zero-order valence-electron chi connectivity index (χ0n) is 18.2. The maximum Gasteiger partial charge on any atom is 0.319 e. The molecule has 1 aromatic heterocycles. The molecule has 9 nitrogen and oxygen atoms in total. The number of anilines is 2. The minimum Gasteiger partial charge on any atom is -0.733 e. The second-order valence-electron chi connectivity index (χ2n) is 7.88. The quantitative estimate of drug-likeness (QED) is 0.398. The number of allylic oxidation sites excluding steroid dienone is 1. The van der Waals surface area contributed by atoms with Crippen molar-refractivity contribution < 1.29 is 10.0 Å². The molecule has 4 rings (SSSR count). The molecule has 9 heteroatoms. The van der Waals surface area contributed by atoms with Crippen molar-refractivity contribution in [3.63, 3.8) is 0 Å². The zero-order valence-corrected chi connectivity index (χ0v) is 18.2. The van der Waals surface area contributed by atoms with Crippen LogP contribution >= 0.6 is 0 Å².